The molecule has 0 spiro atoms. The maximum Gasteiger partial charge on any atom is 0.411 e. The molecule has 1 amide bonds. The van der Waals surface area contributed by atoms with Gasteiger partial charge in [-0.15, -0.1) is 0 Å². The number of rotatable bonds is 2. The van der Waals surface area contributed by atoms with E-state index in [4.69, 9.17) is 21.1 Å². The highest BCUT2D eigenvalue weighted by Gasteiger charge is 2.19. The van der Waals surface area contributed by atoms with Crippen LogP contribution in [-0.4, -0.2) is 25.4 Å². The maximum absolute atomic E-state index is 11.4. The highest BCUT2D eigenvalue weighted by atomic mass is 35.5. The normalized spacial score (nSPS) is 19.4. The van der Waals surface area contributed by atoms with E-state index < -0.39 is 6.09 Å². The Morgan fingerprint density at radius 2 is 2.19 bits per heavy atom. The molecule has 1 aliphatic rings. The lowest BCUT2D eigenvalue weighted by Crippen LogP contribution is -2.22. The van der Waals surface area contributed by atoms with E-state index in [-0.39, 0.29) is 6.10 Å². The van der Waals surface area contributed by atoms with E-state index in [9.17, 15) is 4.79 Å². The minimum atomic E-state index is -0.460. The Morgan fingerprint density at radius 1 is 1.44 bits per heavy atom. The number of benzene rings is 1. The van der Waals surface area contributed by atoms with Crippen molar-refractivity contribution in [3.63, 3.8) is 0 Å². The second-order valence-corrected chi connectivity index (χ2v) is 3.96. The molecule has 1 aromatic rings. The highest BCUT2D eigenvalue weighted by Crippen LogP contribution is 2.14. The third-order valence-electron chi connectivity index (χ3n) is 2.25. The van der Waals surface area contributed by atoms with Crippen LogP contribution in [0.3, 0.4) is 0 Å². The molecule has 0 saturated carbocycles. The average molecular weight is 242 g/mol. The molecule has 0 aliphatic carbocycles. The Hall–Kier alpha value is -1.26. The molecule has 1 aromatic carbocycles. The Kier molecular flexibility index (Phi) is 3.64. The van der Waals surface area contributed by atoms with Crippen LogP contribution in [0, 0.1) is 0 Å². The van der Waals surface area contributed by atoms with E-state index in [2.05, 4.69) is 5.32 Å². The van der Waals surface area contributed by atoms with Crippen molar-refractivity contribution < 1.29 is 14.3 Å². The van der Waals surface area contributed by atoms with E-state index >= 15 is 0 Å². The minimum Gasteiger partial charge on any atom is -0.443 e. The van der Waals surface area contributed by atoms with Gasteiger partial charge in [0, 0.05) is 17.1 Å². The molecule has 0 radical (unpaired) electrons. The zero-order chi connectivity index (χ0) is 11.4. The zero-order valence-corrected chi connectivity index (χ0v) is 9.37. The van der Waals surface area contributed by atoms with Crippen LogP contribution in [0.2, 0.25) is 5.02 Å². The number of amides is 1. The molecule has 0 aromatic heterocycles. The summed E-state index contributed by atoms with van der Waals surface area (Å²) in [5, 5.41) is 3.25. The monoisotopic (exact) mass is 241 g/mol. The van der Waals surface area contributed by atoms with Crippen molar-refractivity contribution in [2.24, 2.45) is 0 Å². The number of hydrogen-bond acceptors (Lipinski definition) is 3. The summed E-state index contributed by atoms with van der Waals surface area (Å²) in [7, 11) is 0. The number of nitrogens with one attached hydrogen (secondary N) is 1. The molecule has 1 fully saturated rings. The Bertz CT molecular complexity index is 360. The van der Waals surface area contributed by atoms with Crippen LogP contribution in [0.25, 0.3) is 0 Å². The van der Waals surface area contributed by atoms with Crippen molar-refractivity contribution in [2.75, 3.05) is 18.5 Å². The number of anilines is 1. The van der Waals surface area contributed by atoms with Crippen LogP contribution in [0.5, 0.6) is 0 Å². The molecule has 1 unspecified atom stereocenters. The van der Waals surface area contributed by atoms with Crippen molar-refractivity contribution >= 4 is 23.4 Å². The fraction of sp³-hybridized carbons (Fsp3) is 0.364. The predicted molar refractivity (Wildman–Crippen MR) is 60.8 cm³/mol. The molecular formula is C11H12ClNO3. The minimum absolute atomic E-state index is 0.132. The standard InChI is InChI=1S/C11H12ClNO3/c12-8-1-3-9(4-2-8)13-11(14)16-10-5-6-15-7-10/h1-4,10H,5-7H2,(H,13,14). The van der Waals surface area contributed by atoms with Crippen molar-refractivity contribution in [3.8, 4) is 0 Å². The van der Waals surface area contributed by atoms with Gasteiger partial charge in [0.2, 0.25) is 0 Å². The molecule has 4 nitrogen and oxygen atoms in total. The van der Waals surface area contributed by atoms with Crippen molar-refractivity contribution in [3.05, 3.63) is 29.3 Å². The number of ether oxygens (including phenoxy) is 2. The van der Waals surface area contributed by atoms with Crippen LogP contribution >= 0.6 is 11.6 Å². The fourth-order valence-corrected chi connectivity index (χ4v) is 1.56. The molecule has 86 valence electrons. The van der Waals surface area contributed by atoms with Crippen molar-refractivity contribution in [1.82, 2.24) is 0 Å². The lowest BCUT2D eigenvalue weighted by molar-refractivity contribution is 0.0932. The van der Waals surface area contributed by atoms with Gasteiger partial charge in [-0.1, -0.05) is 11.6 Å². The molecular weight excluding hydrogens is 230 g/mol. The van der Waals surface area contributed by atoms with Crippen LogP contribution in [0.4, 0.5) is 10.5 Å². The molecule has 0 bridgehead atoms. The maximum atomic E-state index is 11.4. The molecule has 1 saturated heterocycles. The second kappa shape index (κ2) is 5.18. The van der Waals surface area contributed by atoms with Crippen LogP contribution in [0.1, 0.15) is 6.42 Å². The smallest absolute Gasteiger partial charge is 0.411 e. The van der Waals surface area contributed by atoms with Gasteiger partial charge < -0.3 is 9.47 Å². The largest absolute Gasteiger partial charge is 0.443 e. The van der Waals surface area contributed by atoms with Gasteiger partial charge in [-0.25, -0.2) is 4.79 Å². The summed E-state index contributed by atoms with van der Waals surface area (Å²) in [5.41, 5.74) is 0.660. The summed E-state index contributed by atoms with van der Waals surface area (Å²) in [6, 6.07) is 6.84. The third kappa shape index (κ3) is 3.12. The van der Waals surface area contributed by atoms with E-state index in [1.54, 1.807) is 24.3 Å². The number of hydrogen-bond donors (Lipinski definition) is 1. The van der Waals surface area contributed by atoms with E-state index in [1.807, 2.05) is 0 Å². The lowest BCUT2D eigenvalue weighted by Gasteiger charge is -2.11. The van der Waals surface area contributed by atoms with Gasteiger partial charge in [-0.2, -0.15) is 0 Å². The van der Waals surface area contributed by atoms with Gasteiger partial charge >= 0.3 is 6.09 Å². The molecule has 1 aliphatic heterocycles. The van der Waals surface area contributed by atoms with Crippen LogP contribution in [0.15, 0.2) is 24.3 Å². The van der Waals surface area contributed by atoms with Crippen molar-refractivity contribution in [2.45, 2.75) is 12.5 Å². The van der Waals surface area contributed by atoms with Crippen LogP contribution in [-0.2, 0) is 9.47 Å². The van der Waals surface area contributed by atoms with E-state index in [0.29, 0.717) is 23.9 Å². The summed E-state index contributed by atoms with van der Waals surface area (Å²) in [4.78, 5) is 11.4. The summed E-state index contributed by atoms with van der Waals surface area (Å²) in [6.07, 6.45) is 0.165. The zero-order valence-electron chi connectivity index (χ0n) is 8.61. The van der Waals surface area contributed by atoms with Gasteiger partial charge in [0.1, 0.15) is 6.10 Å². The predicted octanol–water partition coefficient (Wildman–Crippen LogP) is 2.68. The fourth-order valence-electron chi connectivity index (χ4n) is 1.44. The van der Waals surface area contributed by atoms with Crippen LogP contribution < -0.4 is 5.32 Å². The van der Waals surface area contributed by atoms with E-state index in [1.165, 1.54) is 0 Å². The summed E-state index contributed by atoms with van der Waals surface area (Å²) < 4.78 is 10.2. The Morgan fingerprint density at radius 3 is 2.81 bits per heavy atom. The highest BCUT2D eigenvalue weighted by molar-refractivity contribution is 6.30. The molecule has 1 heterocycles. The first-order chi connectivity index (χ1) is 7.74. The van der Waals surface area contributed by atoms with Gasteiger partial charge in [0.05, 0.1) is 13.2 Å². The van der Waals surface area contributed by atoms with E-state index in [0.717, 1.165) is 6.42 Å². The number of carbonyl (C=O) groups excluding carboxylic acids is 1. The molecule has 1 atom stereocenters. The molecule has 16 heavy (non-hydrogen) atoms. The molecule has 2 rings (SSSR count). The summed E-state index contributed by atoms with van der Waals surface area (Å²) in [5.74, 6) is 0. The molecule has 5 heteroatoms. The Balaban J connectivity index is 1.84. The van der Waals surface area contributed by atoms with Gasteiger partial charge in [0.15, 0.2) is 0 Å². The van der Waals surface area contributed by atoms with Crippen molar-refractivity contribution in [1.29, 1.82) is 0 Å². The van der Waals surface area contributed by atoms with Gasteiger partial charge in [-0.3, -0.25) is 5.32 Å². The topological polar surface area (TPSA) is 47.6 Å². The second-order valence-electron chi connectivity index (χ2n) is 3.52. The number of halogens is 1. The first kappa shape index (κ1) is 11.2. The first-order valence-electron chi connectivity index (χ1n) is 5.05. The summed E-state index contributed by atoms with van der Waals surface area (Å²) >= 11 is 5.73. The SMILES string of the molecule is O=C(Nc1ccc(Cl)cc1)OC1CCOC1. The van der Waals surface area contributed by atoms with Gasteiger partial charge in [-0.05, 0) is 24.3 Å². The molecule has 1 N–H and O–H groups in total. The number of carbonyl (C=O) groups is 1. The lowest BCUT2D eigenvalue weighted by atomic mass is 10.3. The average Bonchev–Trinajstić information content (AvgIpc) is 2.74. The summed E-state index contributed by atoms with van der Waals surface area (Å²) in [6.45, 7) is 1.13. The quantitative estimate of drug-likeness (QED) is 0.866. The first-order valence-corrected chi connectivity index (χ1v) is 5.43. The third-order valence-corrected chi connectivity index (χ3v) is 2.50. The van der Waals surface area contributed by atoms with Gasteiger partial charge in [0.25, 0.3) is 0 Å². The Labute approximate surface area is 98.5 Å².